The van der Waals surface area contributed by atoms with Gasteiger partial charge in [-0.05, 0) is 24.1 Å². The first-order valence-corrected chi connectivity index (χ1v) is 8.54. The van der Waals surface area contributed by atoms with Crippen LogP contribution >= 0.6 is 11.3 Å². The number of hydrogen-bond donors (Lipinski definition) is 1. The van der Waals surface area contributed by atoms with Crippen molar-refractivity contribution in [2.75, 3.05) is 5.32 Å². The molecule has 0 aliphatic carbocycles. The van der Waals surface area contributed by atoms with Crippen molar-refractivity contribution < 1.29 is 4.79 Å². The number of rotatable bonds is 5. The van der Waals surface area contributed by atoms with Gasteiger partial charge in [0.2, 0.25) is 5.91 Å². The molecule has 1 aromatic carbocycles. The molecule has 1 amide bonds. The second-order valence-corrected chi connectivity index (χ2v) is 6.48. The number of para-hydroxylation sites is 1. The Morgan fingerprint density at radius 1 is 1.29 bits per heavy atom. The van der Waals surface area contributed by atoms with Gasteiger partial charge in [-0.3, -0.25) is 4.79 Å². The first-order valence-electron chi connectivity index (χ1n) is 7.66. The number of nitrogens with one attached hydrogen (secondary N) is 1. The number of nitrogens with zero attached hydrogens (tertiary/aromatic N) is 3. The normalized spacial score (nSPS) is 11.3. The average molecular weight is 338 g/mol. The van der Waals surface area contributed by atoms with Gasteiger partial charge >= 0.3 is 0 Å². The van der Waals surface area contributed by atoms with E-state index in [1.807, 2.05) is 36.5 Å². The van der Waals surface area contributed by atoms with Crippen LogP contribution in [0.5, 0.6) is 0 Å². The molecule has 0 saturated carbocycles. The lowest BCUT2D eigenvalue weighted by atomic mass is 10.2. The first kappa shape index (κ1) is 16.1. The molecule has 24 heavy (non-hydrogen) atoms. The summed E-state index contributed by atoms with van der Waals surface area (Å²) < 4.78 is 1.77. The highest BCUT2D eigenvalue weighted by Gasteiger charge is 2.11. The molecular weight excluding hydrogens is 320 g/mol. The summed E-state index contributed by atoms with van der Waals surface area (Å²) in [5.74, 6) is 0.778. The van der Waals surface area contributed by atoms with E-state index >= 15 is 0 Å². The zero-order valence-corrected chi connectivity index (χ0v) is 14.3. The third-order valence-electron chi connectivity index (χ3n) is 3.41. The van der Waals surface area contributed by atoms with Crippen molar-refractivity contribution in [3.05, 3.63) is 64.8 Å². The smallest absolute Gasteiger partial charge is 0.249 e. The Morgan fingerprint density at radius 2 is 2.08 bits per heavy atom. The van der Waals surface area contributed by atoms with Gasteiger partial charge in [0.05, 0.1) is 22.3 Å². The Balaban J connectivity index is 1.67. The maximum Gasteiger partial charge on any atom is 0.249 e. The van der Waals surface area contributed by atoms with Crippen molar-refractivity contribution in [1.29, 1.82) is 0 Å². The van der Waals surface area contributed by atoms with Gasteiger partial charge in [0, 0.05) is 17.8 Å². The minimum Gasteiger partial charge on any atom is -0.306 e. The number of hydrogen-bond acceptors (Lipinski definition) is 4. The number of anilines is 1. The lowest BCUT2D eigenvalue weighted by Crippen LogP contribution is -2.09. The molecule has 0 fully saturated rings. The molecule has 0 aliphatic rings. The maximum atomic E-state index is 12.1. The molecule has 6 heteroatoms. The van der Waals surface area contributed by atoms with Gasteiger partial charge in [-0.1, -0.05) is 32.0 Å². The molecule has 2 heterocycles. The molecular formula is C18H18N4OS. The predicted octanol–water partition coefficient (Wildman–Crippen LogP) is 4.10. The van der Waals surface area contributed by atoms with E-state index < -0.39 is 0 Å². The molecule has 0 saturated heterocycles. The van der Waals surface area contributed by atoms with Crippen molar-refractivity contribution in [1.82, 2.24) is 14.8 Å². The predicted molar refractivity (Wildman–Crippen MR) is 97.4 cm³/mol. The van der Waals surface area contributed by atoms with Crippen LogP contribution in [-0.2, 0) is 4.79 Å². The van der Waals surface area contributed by atoms with Crippen LogP contribution in [0.15, 0.2) is 54.3 Å². The van der Waals surface area contributed by atoms with Gasteiger partial charge in [0.25, 0.3) is 0 Å². The van der Waals surface area contributed by atoms with E-state index in [1.165, 1.54) is 6.08 Å². The largest absolute Gasteiger partial charge is 0.306 e. The van der Waals surface area contributed by atoms with Crippen LogP contribution in [0, 0.1) is 0 Å². The van der Waals surface area contributed by atoms with Crippen molar-refractivity contribution in [2.24, 2.45) is 0 Å². The number of benzene rings is 1. The van der Waals surface area contributed by atoms with Gasteiger partial charge in [-0.15, -0.1) is 11.3 Å². The second-order valence-electron chi connectivity index (χ2n) is 5.60. The summed E-state index contributed by atoms with van der Waals surface area (Å²) >= 11 is 1.55. The standard InChI is InChI=1S/C18H18N4OS/c1-13(2)17-18(19-12-24-17)21-16(23)9-8-14-10-20-22(11-14)15-6-4-3-5-7-15/h3-13H,1-2H3,(H,21,23)/b9-8+. The van der Waals surface area contributed by atoms with Crippen LogP contribution in [0.25, 0.3) is 11.8 Å². The van der Waals surface area contributed by atoms with E-state index in [4.69, 9.17) is 0 Å². The van der Waals surface area contributed by atoms with Crippen molar-refractivity contribution in [2.45, 2.75) is 19.8 Å². The SMILES string of the molecule is CC(C)c1scnc1NC(=O)/C=C/c1cnn(-c2ccccc2)c1. The number of carbonyl (C=O) groups excluding carboxylic acids is 1. The number of carbonyl (C=O) groups is 1. The molecule has 3 aromatic rings. The zero-order chi connectivity index (χ0) is 16.9. The second kappa shape index (κ2) is 7.23. The van der Waals surface area contributed by atoms with Gasteiger partial charge in [-0.2, -0.15) is 5.10 Å². The Kier molecular flexibility index (Phi) is 4.86. The van der Waals surface area contributed by atoms with Crippen LogP contribution in [0.1, 0.15) is 30.2 Å². The van der Waals surface area contributed by atoms with Crippen LogP contribution < -0.4 is 5.32 Å². The van der Waals surface area contributed by atoms with Crippen molar-refractivity contribution >= 4 is 29.1 Å². The van der Waals surface area contributed by atoms with E-state index in [9.17, 15) is 4.79 Å². The fourth-order valence-electron chi connectivity index (χ4n) is 2.23. The highest BCUT2D eigenvalue weighted by atomic mass is 32.1. The molecule has 1 N–H and O–H groups in total. The molecule has 0 atom stereocenters. The number of amides is 1. The van der Waals surface area contributed by atoms with Gasteiger partial charge < -0.3 is 5.32 Å². The molecule has 0 bridgehead atoms. The lowest BCUT2D eigenvalue weighted by molar-refractivity contribution is -0.111. The Hall–Kier alpha value is -2.73. The van der Waals surface area contributed by atoms with Gasteiger partial charge in [0.1, 0.15) is 5.82 Å². The van der Waals surface area contributed by atoms with E-state index in [0.29, 0.717) is 11.7 Å². The molecule has 2 aromatic heterocycles. The lowest BCUT2D eigenvalue weighted by Gasteiger charge is -2.04. The highest BCUT2D eigenvalue weighted by molar-refractivity contribution is 7.10. The van der Waals surface area contributed by atoms with Crippen LogP contribution in [0.4, 0.5) is 5.82 Å². The van der Waals surface area contributed by atoms with Crippen LogP contribution in [0.2, 0.25) is 0 Å². The molecule has 0 unspecified atom stereocenters. The molecule has 0 spiro atoms. The topological polar surface area (TPSA) is 59.8 Å². The van der Waals surface area contributed by atoms with Crippen molar-refractivity contribution in [3.8, 4) is 5.69 Å². The minimum atomic E-state index is -0.199. The molecule has 0 aliphatic heterocycles. The summed E-state index contributed by atoms with van der Waals surface area (Å²) in [7, 11) is 0. The summed E-state index contributed by atoms with van der Waals surface area (Å²) in [4.78, 5) is 17.4. The maximum absolute atomic E-state index is 12.1. The Morgan fingerprint density at radius 3 is 2.83 bits per heavy atom. The van der Waals surface area contributed by atoms with Gasteiger partial charge in [-0.25, -0.2) is 9.67 Å². The fourth-order valence-corrected chi connectivity index (χ4v) is 2.99. The molecule has 5 nitrogen and oxygen atoms in total. The zero-order valence-electron chi connectivity index (χ0n) is 13.5. The van der Waals surface area contributed by atoms with Crippen LogP contribution in [-0.4, -0.2) is 20.7 Å². The Bertz CT molecular complexity index is 849. The van der Waals surface area contributed by atoms with Crippen LogP contribution in [0.3, 0.4) is 0 Å². The summed E-state index contributed by atoms with van der Waals surface area (Å²) in [6.45, 7) is 4.16. The van der Waals surface area contributed by atoms with E-state index in [0.717, 1.165) is 16.1 Å². The molecule has 3 rings (SSSR count). The Labute approximate surface area is 144 Å². The highest BCUT2D eigenvalue weighted by Crippen LogP contribution is 2.27. The van der Waals surface area contributed by atoms with Gasteiger partial charge in [0.15, 0.2) is 0 Å². The minimum absolute atomic E-state index is 0.199. The number of aromatic nitrogens is 3. The summed E-state index contributed by atoms with van der Waals surface area (Å²) in [6, 6.07) is 9.83. The monoisotopic (exact) mass is 338 g/mol. The van der Waals surface area contributed by atoms with E-state index in [-0.39, 0.29) is 5.91 Å². The van der Waals surface area contributed by atoms with Crippen molar-refractivity contribution in [3.63, 3.8) is 0 Å². The quantitative estimate of drug-likeness (QED) is 0.712. The van der Waals surface area contributed by atoms with E-state index in [1.54, 1.807) is 33.8 Å². The summed E-state index contributed by atoms with van der Waals surface area (Å²) in [5, 5.41) is 7.13. The summed E-state index contributed by atoms with van der Waals surface area (Å²) in [6.07, 6.45) is 6.83. The molecule has 122 valence electrons. The fraction of sp³-hybridized carbons (Fsp3) is 0.167. The number of thiazole rings is 1. The summed E-state index contributed by atoms with van der Waals surface area (Å²) in [5.41, 5.74) is 3.58. The third kappa shape index (κ3) is 3.78. The first-order chi connectivity index (χ1) is 11.6. The average Bonchev–Trinajstić information content (AvgIpc) is 3.23. The molecule has 0 radical (unpaired) electrons. The van der Waals surface area contributed by atoms with E-state index in [2.05, 4.69) is 29.2 Å². The third-order valence-corrected chi connectivity index (χ3v) is 4.54.